The van der Waals surface area contributed by atoms with Gasteiger partial charge in [0.05, 0.1) is 0 Å². The van der Waals surface area contributed by atoms with Crippen LogP contribution in [0, 0.1) is 5.41 Å². The van der Waals surface area contributed by atoms with Gasteiger partial charge in [-0.2, -0.15) is 0 Å². The largest absolute Gasteiger partial charge is 0.350 e. The molecule has 0 saturated carbocycles. The molecule has 0 aliphatic rings. The van der Waals surface area contributed by atoms with E-state index in [0.717, 1.165) is 51.4 Å². The molecule has 0 spiro atoms. The molecule has 21 heavy (non-hydrogen) atoms. The molecule has 1 N–H and O–H groups in total. The number of amides is 1. The predicted molar refractivity (Wildman–Crippen MR) is 93.5 cm³/mol. The molecule has 0 fully saturated rings. The van der Waals surface area contributed by atoms with Crippen LogP contribution in [0.4, 0.5) is 0 Å². The quantitative estimate of drug-likeness (QED) is 0.481. The second-order valence-electron chi connectivity index (χ2n) is 7.24. The van der Waals surface area contributed by atoms with E-state index in [-0.39, 0.29) is 16.9 Å². The van der Waals surface area contributed by atoms with Gasteiger partial charge in [0.15, 0.2) is 0 Å². The van der Waals surface area contributed by atoms with Gasteiger partial charge in [-0.25, -0.2) is 0 Å². The molecular weight excluding hydrogens is 258 g/mol. The third kappa shape index (κ3) is 7.33. The molecule has 126 valence electrons. The Morgan fingerprint density at radius 1 is 0.810 bits per heavy atom. The van der Waals surface area contributed by atoms with Crippen LogP contribution in [0.2, 0.25) is 0 Å². The molecule has 2 heteroatoms. The van der Waals surface area contributed by atoms with Crippen LogP contribution in [-0.2, 0) is 4.79 Å². The summed E-state index contributed by atoms with van der Waals surface area (Å²) in [6.07, 6.45) is 11.1. The van der Waals surface area contributed by atoms with Crippen LogP contribution in [-0.4, -0.2) is 11.4 Å². The number of rotatable bonds is 12. The Labute approximate surface area is 133 Å². The van der Waals surface area contributed by atoms with Crippen LogP contribution in [0.1, 0.15) is 106 Å². The van der Waals surface area contributed by atoms with Crippen molar-refractivity contribution in [3.63, 3.8) is 0 Å². The van der Waals surface area contributed by atoms with Crippen molar-refractivity contribution < 1.29 is 4.79 Å². The van der Waals surface area contributed by atoms with Crippen LogP contribution < -0.4 is 5.32 Å². The maximum absolute atomic E-state index is 12.9. The molecule has 0 rings (SSSR count). The van der Waals surface area contributed by atoms with Gasteiger partial charge in [0.1, 0.15) is 0 Å². The minimum atomic E-state index is -0.186. The fourth-order valence-corrected chi connectivity index (χ4v) is 2.81. The highest BCUT2D eigenvalue weighted by Gasteiger charge is 2.35. The zero-order valence-electron chi connectivity index (χ0n) is 15.5. The molecule has 0 heterocycles. The van der Waals surface area contributed by atoms with Crippen molar-refractivity contribution in [3.05, 3.63) is 0 Å². The fraction of sp³-hybridized carbons (Fsp3) is 0.947. The molecule has 0 aliphatic carbocycles. The van der Waals surface area contributed by atoms with E-state index in [1.165, 1.54) is 12.8 Å². The Morgan fingerprint density at radius 3 is 1.62 bits per heavy atom. The van der Waals surface area contributed by atoms with E-state index in [0.29, 0.717) is 0 Å². The molecule has 0 bridgehead atoms. The molecule has 1 unspecified atom stereocenters. The fourth-order valence-electron chi connectivity index (χ4n) is 2.81. The van der Waals surface area contributed by atoms with E-state index in [2.05, 4.69) is 46.9 Å². The van der Waals surface area contributed by atoms with Crippen LogP contribution in [0.5, 0.6) is 0 Å². The summed E-state index contributed by atoms with van der Waals surface area (Å²) in [5, 5.41) is 3.40. The maximum atomic E-state index is 12.9. The molecule has 0 aromatic rings. The smallest absolute Gasteiger partial charge is 0.226 e. The van der Waals surface area contributed by atoms with Crippen LogP contribution >= 0.6 is 0 Å². The van der Waals surface area contributed by atoms with E-state index in [4.69, 9.17) is 0 Å². The average Bonchev–Trinajstić information content (AvgIpc) is 2.48. The Kier molecular flexibility index (Phi) is 9.98. The number of hydrogen-bond acceptors (Lipinski definition) is 1. The summed E-state index contributed by atoms with van der Waals surface area (Å²) >= 11 is 0. The summed E-state index contributed by atoms with van der Waals surface area (Å²) in [6, 6.07) is 0. The minimum absolute atomic E-state index is 0.0349. The second kappa shape index (κ2) is 10.2. The van der Waals surface area contributed by atoms with E-state index in [1.807, 2.05) is 0 Å². The summed E-state index contributed by atoms with van der Waals surface area (Å²) in [4.78, 5) is 12.9. The SMILES string of the molecule is CCCCC(C)(CC)NC(=O)C(C)(CCCC)CCCC. The Balaban J connectivity index is 4.84. The molecule has 1 amide bonds. The highest BCUT2D eigenvalue weighted by Crippen LogP contribution is 2.32. The topological polar surface area (TPSA) is 29.1 Å². The third-order valence-corrected chi connectivity index (χ3v) is 4.99. The van der Waals surface area contributed by atoms with Gasteiger partial charge in [-0.3, -0.25) is 4.79 Å². The molecule has 0 aromatic heterocycles. The van der Waals surface area contributed by atoms with E-state index in [9.17, 15) is 4.79 Å². The minimum Gasteiger partial charge on any atom is -0.350 e. The lowest BCUT2D eigenvalue weighted by Crippen LogP contribution is -2.51. The normalized spacial score (nSPS) is 14.8. The molecule has 0 aliphatic heterocycles. The molecule has 0 saturated heterocycles. The van der Waals surface area contributed by atoms with Gasteiger partial charge in [-0.1, -0.05) is 73.1 Å². The zero-order chi connectivity index (χ0) is 16.4. The molecule has 2 nitrogen and oxygen atoms in total. The van der Waals surface area contributed by atoms with E-state index < -0.39 is 0 Å². The molecule has 1 atom stereocenters. The van der Waals surface area contributed by atoms with Crippen molar-refractivity contribution in [2.45, 2.75) is 111 Å². The van der Waals surface area contributed by atoms with Gasteiger partial charge >= 0.3 is 0 Å². The monoisotopic (exact) mass is 297 g/mol. The van der Waals surface area contributed by atoms with Crippen LogP contribution in [0.3, 0.4) is 0 Å². The zero-order valence-corrected chi connectivity index (χ0v) is 15.5. The van der Waals surface area contributed by atoms with Gasteiger partial charge in [-0.05, 0) is 32.6 Å². The lowest BCUT2D eigenvalue weighted by Gasteiger charge is -2.36. The van der Waals surface area contributed by atoms with Gasteiger partial charge in [0, 0.05) is 11.0 Å². The van der Waals surface area contributed by atoms with E-state index >= 15 is 0 Å². The highest BCUT2D eigenvalue weighted by atomic mass is 16.2. The number of unbranched alkanes of at least 4 members (excludes halogenated alkanes) is 3. The van der Waals surface area contributed by atoms with Crippen molar-refractivity contribution in [1.82, 2.24) is 5.32 Å². The number of hydrogen-bond donors (Lipinski definition) is 1. The first kappa shape index (κ1) is 20.5. The summed E-state index contributed by atoms with van der Waals surface area (Å²) < 4.78 is 0. The van der Waals surface area contributed by atoms with Crippen molar-refractivity contribution >= 4 is 5.91 Å². The average molecular weight is 298 g/mol. The molecule has 0 aromatic carbocycles. The van der Waals surface area contributed by atoms with Crippen molar-refractivity contribution in [1.29, 1.82) is 0 Å². The molecule has 0 radical (unpaired) electrons. The maximum Gasteiger partial charge on any atom is 0.226 e. The van der Waals surface area contributed by atoms with Gasteiger partial charge in [0.2, 0.25) is 5.91 Å². The Morgan fingerprint density at radius 2 is 1.24 bits per heavy atom. The second-order valence-corrected chi connectivity index (χ2v) is 7.24. The van der Waals surface area contributed by atoms with Crippen LogP contribution in [0.25, 0.3) is 0 Å². The summed E-state index contributed by atoms with van der Waals surface area (Å²) in [7, 11) is 0. The summed E-state index contributed by atoms with van der Waals surface area (Å²) in [6.45, 7) is 13.2. The first-order valence-corrected chi connectivity index (χ1v) is 9.20. The number of carbonyl (C=O) groups is 1. The summed E-state index contributed by atoms with van der Waals surface area (Å²) in [5.41, 5.74) is -0.221. The van der Waals surface area contributed by atoms with Crippen molar-refractivity contribution in [2.75, 3.05) is 0 Å². The highest BCUT2D eigenvalue weighted by molar-refractivity contribution is 5.82. The van der Waals surface area contributed by atoms with Crippen LogP contribution in [0.15, 0.2) is 0 Å². The van der Waals surface area contributed by atoms with Gasteiger partial charge in [0.25, 0.3) is 0 Å². The third-order valence-electron chi connectivity index (χ3n) is 4.99. The standard InChI is InChI=1S/C19H39NO/c1-7-11-14-18(5,15-12-8-2)17(21)20-19(6,10-4)16-13-9-3/h7-16H2,1-6H3,(H,20,21). The first-order chi connectivity index (χ1) is 9.87. The van der Waals surface area contributed by atoms with Crippen molar-refractivity contribution in [3.8, 4) is 0 Å². The van der Waals surface area contributed by atoms with Gasteiger partial charge in [-0.15, -0.1) is 0 Å². The number of nitrogens with one attached hydrogen (secondary N) is 1. The van der Waals surface area contributed by atoms with E-state index in [1.54, 1.807) is 0 Å². The predicted octanol–water partition coefficient (Wildman–Crippen LogP) is 5.85. The van der Waals surface area contributed by atoms with Gasteiger partial charge < -0.3 is 5.32 Å². The Bertz CT molecular complexity index is 279. The first-order valence-electron chi connectivity index (χ1n) is 9.20. The Hall–Kier alpha value is -0.530. The van der Waals surface area contributed by atoms with Crippen molar-refractivity contribution in [2.24, 2.45) is 5.41 Å². The number of carbonyl (C=O) groups excluding carboxylic acids is 1. The summed E-state index contributed by atoms with van der Waals surface area (Å²) in [5.74, 6) is 0.282. The molecular formula is C19H39NO. The lowest BCUT2D eigenvalue weighted by molar-refractivity contribution is -0.133. The lowest BCUT2D eigenvalue weighted by atomic mass is 9.78.